The lowest BCUT2D eigenvalue weighted by Crippen LogP contribution is -2.30. The predicted octanol–water partition coefficient (Wildman–Crippen LogP) is 4.20. The Bertz CT molecular complexity index is 830. The summed E-state index contributed by atoms with van der Waals surface area (Å²) in [6.45, 7) is 5.67. The van der Waals surface area contributed by atoms with Crippen molar-refractivity contribution in [1.82, 2.24) is 5.32 Å². The zero-order chi connectivity index (χ0) is 18.5. The predicted molar refractivity (Wildman–Crippen MR) is 113 cm³/mol. The molecule has 1 saturated heterocycles. The van der Waals surface area contributed by atoms with Gasteiger partial charge in [-0.25, -0.2) is 4.79 Å². The summed E-state index contributed by atoms with van der Waals surface area (Å²) in [5.74, 6) is 1.42. The Morgan fingerprint density at radius 3 is 2.67 bits per heavy atom. The largest absolute Gasteiger partial charge is 0.427 e. The summed E-state index contributed by atoms with van der Waals surface area (Å²) in [7, 11) is 0. The van der Waals surface area contributed by atoms with Crippen molar-refractivity contribution in [2.45, 2.75) is 37.5 Å². The van der Waals surface area contributed by atoms with Crippen LogP contribution in [0.2, 0.25) is 0 Å². The third kappa shape index (κ3) is 5.37. The molecule has 0 saturated carbocycles. The first-order valence-electron chi connectivity index (χ1n) is 8.98. The van der Waals surface area contributed by atoms with E-state index < -0.39 is 11.5 Å². The molecular weight excluding hydrogens is 384 g/mol. The number of piperidine rings is 1. The van der Waals surface area contributed by atoms with Gasteiger partial charge in [0.2, 0.25) is 0 Å². The lowest BCUT2D eigenvalue weighted by atomic mass is 9.95. The fourth-order valence-electron chi connectivity index (χ4n) is 3.20. The molecular formula is C20H25ClN2O3S. The van der Waals surface area contributed by atoms with Gasteiger partial charge in [0.05, 0.1) is 0 Å². The molecule has 0 aliphatic carbocycles. The molecule has 3 rings (SSSR count). The maximum Gasteiger partial charge on any atom is 0.349 e. The Labute approximate surface area is 169 Å². The third-order valence-electron chi connectivity index (χ3n) is 4.52. The molecule has 1 unspecified atom stereocenters. The van der Waals surface area contributed by atoms with Crippen molar-refractivity contribution in [3.63, 3.8) is 0 Å². The molecule has 0 bridgehead atoms. The number of hydrogen-bond acceptors (Lipinski definition) is 5. The molecule has 146 valence electrons. The number of carbonyl (C=O) groups is 1. The zero-order valence-corrected chi connectivity index (χ0v) is 17.2. The molecule has 2 heterocycles. The molecule has 0 spiro atoms. The molecule has 1 aromatic heterocycles. The summed E-state index contributed by atoms with van der Waals surface area (Å²) < 4.78 is 5.48. The van der Waals surface area contributed by atoms with Gasteiger partial charge in [-0.3, -0.25) is 4.79 Å². The van der Waals surface area contributed by atoms with Crippen molar-refractivity contribution < 1.29 is 9.21 Å². The lowest BCUT2D eigenvalue weighted by Gasteiger charge is -2.22. The maximum atomic E-state index is 12.6. The topological polar surface area (TPSA) is 71.3 Å². The van der Waals surface area contributed by atoms with Gasteiger partial charge in [0.25, 0.3) is 5.91 Å². The Morgan fingerprint density at radius 2 is 2.07 bits per heavy atom. The highest BCUT2D eigenvalue weighted by Crippen LogP contribution is 2.24. The van der Waals surface area contributed by atoms with Crippen molar-refractivity contribution in [3.8, 4) is 0 Å². The molecule has 2 N–H and O–H groups in total. The van der Waals surface area contributed by atoms with E-state index in [-0.39, 0.29) is 23.9 Å². The van der Waals surface area contributed by atoms with Crippen molar-refractivity contribution >= 4 is 35.8 Å². The van der Waals surface area contributed by atoms with Gasteiger partial charge in [0.15, 0.2) is 0 Å². The number of aryl methyl sites for hydroxylation is 1. The van der Waals surface area contributed by atoms with Crippen LogP contribution < -0.4 is 16.3 Å². The summed E-state index contributed by atoms with van der Waals surface area (Å²) in [6, 6.07) is 9.43. The summed E-state index contributed by atoms with van der Waals surface area (Å²) in [6.07, 6.45) is 2.05. The van der Waals surface area contributed by atoms with E-state index in [4.69, 9.17) is 4.42 Å². The van der Waals surface area contributed by atoms with Crippen molar-refractivity contribution in [2.75, 3.05) is 24.2 Å². The van der Waals surface area contributed by atoms with Crippen LogP contribution in [0.25, 0.3) is 0 Å². The molecule has 7 heteroatoms. The molecule has 1 atom stereocenters. The molecule has 0 radical (unpaired) electrons. The van der Waals surface area contributed by atoms with Crippen molar-refractivity contribution in [3.05, 3.63) is 57.6 Å². The zero-order valence-electron chi connectivity index (χ0n) is 15.5. The van der Waals surface area contributed by atoms with Crippen LogP contribution in [0.4, 0.5) is 5.69 Å². The highest BCUT2D eigenvalue weighted by Gasteiger charge is 2.22. The number of benzene rings is 1. The van der Waals surface area contributed by atoms with Crippen LogP contribution in [0, 0.1) is 6.92 Å². The summed E-state index contributed by atoms with van der Waals surface area (Å²) in [5, 5.41) is 6.10. The monoisotopic (exact) mass is 408 g/mol. The van der Waals surface area contributed by atoms with Crippen LogP contribution in [0.3, 0.4) is 0 Å². The second-order valence-electron chi connectivity index (χ2n) is 6.45. The normalized spacial score (nSPS) is 16.4. The highest BCUT2D eigenvalue weighted by molar-refractivity contribution is 7.99. The standard InChI is InChI=1S/C20H24N2O3S.ClH/c1-3-26-16-8-6-15(7-9-16)22-19(23)18-13(2)11-17(25-20(18)24)14-5-4-10-21-12-14;/h6-9,11,14,21H,3-5,10,12H2,1-2H3,(H,22,23);1H. The van der Waals surface area contributed by atoms with Crippen molar-refractivity contribution in [1.29, 1.82) is 0 Å². The number of carbonyl (C=O) groups excluding carboxylic acids is 1. The van der Waals surface area contributed by atoms with E-state index in [0.717, 1.165) is 36.6 Å². The van der Waals surface area contributed by atoms with E-state index in [1.54, 1.807) is 18.7 Å². The van der Waals surface area contributed by atoms with E-state index >= 15 is 0 Å². The minimum absolute atomic E-state index is 0. The van der Waals surface area contributed by atoms with E-state index in [2.05, 4.69) is 17.6 Å². The molecule has 1 aliphatic heterocycles. The van der Waals surface area contributed by atoms with Gasteiger partial charge < -0.3 is 15.1 Å². The number of nitrogens with one attached hydrogen (secondary N) is 2. The molecule has 2 aromatic rings. The number of anilines is 1. The van der Waals surface area contributed by atoms with Gasteiger partial charge in [0.1, 0.15) is 11.3 Å². The van der Waals surface area contributed by atoms with Crippen LogP contribution in [-0.2, 0) is 0 Å². The van der Waals surface area contributed by atoms with Crippen LogP contribution in [0.1, 0.15) is 47.4 Å². The molecule has 1 aromatic carbocycles. The SMILES string of the molecule is CCSc1ccc(NC(=O)c2c(C)cc(C3CCCNC3)oc2=O)cc1.Cl. The maximum absolute atomic E-state index is 12.6. The van der Waals surface area contributed by atoms with Crippen LogP contribution in [0.15, 0.2) is 44.4 Å². The molecule has 1 amide bonds. The van der Waals surface area contributed by atoms with E-state index in [0.29, 0.717) is 17.0 Å². The van der Waals surface area contributed by atoms with Gasteiger partial charge in [-0.05, 0) is 68.0 Å². The number of rotatable bonds is 5. The summed E-state index contributed by atoms with van der Waals surface area (Å²) in [4.78, 5) is 26.1. The molecule has 5 nitrogen and oxygen atoms in total. The van der Waals surface area contributed by atoms with Gasteiger partial charge in [0, 0.05) is 23.0 Å². The first-order valence-corrected chi connectivity index (χ1v) is 9.96. The highest BCUT2D eigenvalue weighted by atomic mass is 35.5. The van der Waals surface area contributed by atoms with Crippen molar-refractivity contribution in [2.24, 2.45) is 0 Å². The average Bonchev–Trinajstić information content (AvgIpc) is 2.64. The third-order valence-corrected chi connectivity index (χ3v) is 5.41. The summed E-state index contributed by atoms with van der Waals surface area (Å²) in [5.41, 5.74) is 0.818. The van der Waals surface area contributed by atoms with Crippen LogP contribution >= 0.6 is 24.2 Å². The van der Waals surface area contributed by atoms with E-state index in [1.807, 2.05) is 30.3 Å². The first-order chi connectivity index (χ1) is 12.6. The van der Waals surface area contributed by atoms with E-state index in [1.165, 1.54) is 0 Å². The average molecular weight is 409 g/mol. The molecule has 1 fully saturated rings. The van der Waals surface area contributed by atoms with Crippen LogP contribution in [-0.4, -0.2) is 24.7 Å². The summed E-state index contributed by atoms with van der Waals surface area (Å²) >= 11 is 1.74. The fourth-order valence-corrected chi connectivity index (χ4v) is 3.86. The Balaban J connectivity index is 0.00000261. The minimum atomic E-state index is -0.568. The van der Waals surface area contributed by atoms with Gasteiger partial charge >= 0.3 is 5.63 Å². The molecule has 27 heavy (non-hydrogen) atoms. The first kappa shape index (κ1) is 21.5. The second-order valence-corrected chi connectivity index (χ2v) is 7.79. The number of thioether (sulfide) groups is 1. The van der Waals surface area contributed by atoms with Crippen LogP contribution in [0.5, 0.6) is 0 Å². The van der Waals surface area contributed by atoms with Gasteiger partial charge in [-0.2, -0.15) is 0 Å². The van der Waals surface area contributed by atoms with Gasteiger partial charge in [-0.15, -0.1) is 24.2 Å². The lowest BCUT2D eigenvalue weighted by molar-refractivity contribution is 0.102. The minimum Gasteiger partial charge on any atom is -0.427 e. The number of amides is 1. The number of halogens is 1. The Morgan fingerprint density at radius 1 is 1.33 bits per heavy atom. The van der Waals surface area contributed by atoms with E-state index in [9.17, 15) is 9.59 Å². The second kappa shape index (κ2) is 9.97. The molecule has 1 aliphatic rings. The van der Waals surface area contributed by atoms with Gasteiger partial charge in [-0.1, -0.05) is 6.92 Å². The quantitative estimate of drug-likeness (QED) is 0.725. The Kier molecular flexibility index (Phi) is 7.95. The fraction of sp³-hybridized carbons (Fsp3) is 0.400. The number of hydrogen-bond donors (Lipinski definition) is 2. The Hall–Kier alpha value is -1.76. The smallest absolute Gasteiger partial charge is 0.349 e.